The second-order valence-corrected chi connectivity index (χ2v) is 5.60. The Bertz CT molecular complexity index is 356. The molecule has 0 aliphatic heterocycles. The second kappa shape index (κ2) is 14.2. The van der Waals surface area contributed by atoms with Gasteiger partial charge in [0.2, 0.25) is 12.6 Å². The Morgan fingerprint density at radius 1 is 1.24 bits per heavy atom. The third kappa shape index (κ3) is 12.1. The molecule has 0 rings (SSSR count). The number of hydrogen-bond acceptors (Lipinski definition) is 10. The quantitative estimate of drug-likeness (QED) is 0.0841. The van der Waals surface area contributed by atoms with Crippen molar-refractivity contribution in [3.05, 3.63) is 11.9 Å². The molecular formula is C15H33N3O7. The van der Waals surface area contributed by atoms with Gasteiger partial charge < -0.3 is 45.4 Å². The van der Waals surface area contributed by atoms with Gasteiger partial charge in [-0.15, -0.1) is 0 Å². The molecule has 0 radical (unpaired) electrons. The van der Waals surface area contributed by atoms with Crippen molar-refractivity contribution in [1.29, 1.82) is 0 Å². The van der Waals surface area contributed by atoms with Crippen molar-refractivity contribution < 1.29 is 34.6 Å². The summed E-state index contributed by atoms with van der Waals surface area (Å²) in [6.45, 7) is 4.38. The fourth-order valence-electron chi connectivity index (χ4n) is 1.77. The van der Waals surface area contributed by atoms with Gasteiger partial charge in [0.05, 0.1) is 31.6 Å². The van der Waals surface area contributed by atoms with Crippen molar-refractivity contribution in [3.63, 3.8) is 0 Å². The molecule has 0 aromatic rings. The summed E-state index contributed by atoms with van der Waals surface area (Å²) in [6.07, 6.45) is -2.35. The largest absolute Gasteiger partial charge is 0.399 e. The summed E-state index contributed by atoms with van der Waals surface area (Å²) in [6, 6.07) is 0. The molecule has 0 spiro atoms. The minimum absolute atomic E-state index is 0.119. The van der Waals surface area contributed by atoms with Crippen molar-refractivity contribution in [3.8, 4) is 0 Å². The summed E-state index contributed by atoms with van der Waals surface area (Å²) in [5.41, 5.74) is 6.25. The van der Waals surface area contributed by atoms with Crippen molar-refractivity contribution in [2.75, 3.05) is 33.0 Å². The van der Waals surface area contributed by atoms with Crippen LogP contribution in [0, 0.1) is 0 Å². The highest BCUT2D eigenvalue weighted by Crippen LogP contribution is 2.08. The monoisotopic (exact) mass is 367 g/mol. The van der Waals surface area contributed by atoms with E-state index in [0.717, 1.165) is 6.42 Å². The Morgan fingerprint density at radius 3 is 2.44 bits per heavy atom. The van der Waals surface area contributed by atoms with Crippen LogP contribution in [-0.2, 0) is 14.2 Å². The molecule has 0 heterocycles. The first-order valence-electron chi connectivity index (χ1n) is 8.29. The molecule has 0 aliphatic rings. The lowest BCUT2D eigenvalue weighted by atomic mass is 10.2. The summed E-state index contributed by atoms with van der Waals surface area (Å²) in [7, 11) is 0. The Kier molecular flexibility index (Phi) is 13.7. The zero-order chi connectivity index (χ0) is 19.2. The number of hydrogen-bond donors (Lipinski definition) is 6. The molecule has 150 valence electrons. The van der Waals surface area contributed by atoms with Crippen LogP contribution < -0.4 is 11.6 Å². The first-order chi connectivity index (χ1) is 11.8. The first-order valence-corrected chi connectivity index (χ1v) is 8.29. The number of rotatable bonds is 15. The highest BCUT2D eigenvalue weighted by atomic mass is 16.7. The van der Waals surface area contributed by atoms with E-state index in [-0.39, 0.29) is 6.61 Å². The standard InChI is InChI=1S/C15H33N3O7/c1-3-6-23-10-12(16)8-18(17)5-4-7-24-15(14(21)22)25-13(9-19)11(2)20/h8,11,13-15,19-22H,3-7,9-10,16-17H2,1-2H3/b12-8-. The molecule has 25 heavy (non-hydrogen) atoms. The topological polar surface area (TPSA) is 164 Å². The highest BCUT2D eigenvalue weighted by molar-refractivity contribution is 4.94. The van der Waals surface area contributed by atoms with Crippen molar-refractivity contribution in [2.45, 2.75) is 51.5 Å². The molecule has 0 amide bonds. The van der Waals surface area contributed by atoms with Crippen LogP contribution in [0.3, 0.4) is 0 Å². The van der Waals surface area contributed by atoms with Crippen molar-refractivity contribution in [2.24, 2.45) is 11.6 Å². The molecule has 3 atom stereocenters. The molecule has 0 fully saturated rings. The van der Waals surface area contributed by atoms with Crippen LogP contribution in [0.25, 0.3) is 0 Å². The molecule has 0 saturated carbocycles. The molecule has 10 heteroatoms. The van der Waals surface area contributed by atoms with Crippen molar-refractivity contribution >= 4 is 0 Å². The number of hydrazine groups is 1. The SMILES string of the molecule is CCCOC/C(N)=C/N(N)CCCOC(OC(CO)C(C)O)C(O)O. The fourth-order valence-corrected chi connectivity index (χ4v) is 1.77. The van der Waals surface area contributed by atoms with Crippen molar-refractivity contribution in [1.82, 2.24) is 5.01 Å². The lowest BCUT2D eigenvalue weighted by Crippen LogP contribution is -2.41. The fraction of sp³-hybridized carbons (Fsp3) is 0.867. The Hall–Kier alpha value is -0.980. The third-order valence-corrected chi connectivity index (χ3v) is 3.06. The van der Waals surface area contributed by atoms with Crippen LogP contribution in [-0.4, -0.2) is 83.2 Å². The van der Waals surface area contributed by atoms with E-state index in [9.17, 15) is 15.3 Å². The van der Waals surface area contributed by atoms with E-state index in [1.165, 1.54) is 11.9 Å². The average molecular weight is 367 g/mol. The summed E-state index contributed by atoms with van der Waals surface area (Å²) in [5, 5.41) is 38.3. The molecule has 0 saturated heterocycles. The van der Waals surface area contributed by atoms with Gasteiger partial charge in [-0.2, -0.15) is 0 Å². The lowest BCUT2D eigenvalue weighted by molar-refractivity contribution is -0.280. The minimum atomic E-state index is -1.91. The van der Waals surface area contributed by atoms with E-state index < -0.39 is 31.4 Å². The molecule has 10 nitrogen and oxygen atoms in total. The van der Waals surface area contributed by atoms with Gasteiger partial charge in [0.1, 0.15) is 6.10 Å². The van der Waals surface area contributed by atoms with Crippen LogP contribution in [0.2, 0.25) is 0 Å². The molecule has 0 aromatic heterocycles. The van der Waals surface area contributed by atoms with Gasteiger partial charge in [-0.3, -0.25) is 0 Å². The van der Waals surface area contributed by atoms with Crippen LogP contribution in [0.5, 0.6) is 0 Å². The predicted molar refractivity (Wildman–Crippen MR) is 90.5 cm³/mol. The van der Waals surface area contributed by atoms with Crippen LogP contribution in [0.4, 0.5) is 0 Å². The van der Waals surface area contributed by atoms with Crippen LogP contribution in [0.1, 0.15) is 26.7 Å². The number of aliphatic hydroxyl groups excluding tert-OH is 3. The highest BCUT2D eigenvalue weighted by Gasteiger charge is 2.25. The maximum atomic E-state index is 9.39. The van der Waals surface area contributed by atoms with Gasteiger partial charge in [0, 0.05) is 19.4 Å². The van der Waals surface area contributed by atoms with E-state index in [4.69, 9.17) is 30.9 Å². The number of nitrogens with two attached hydrogens (primary N) is 2. The summed E-state index contributed by atoms with van der Waals surface area (Å²) in [4.78, 5) is 0. The molecule has 3 unspecified atom stereocenters. The van der Waals surface area contributed by atoms with E-state index in [2.05, 4.69) is 0 Å². The zero-order valence-corrected chi connectivity index (χ0v) is 15.0. The Morgan fingerprint density at radius 2 is 1.92 bits per heavy atom. The lowest BCUT2D eigenvalue weighted by Gasteiger charge is -2.26. The Balaban J connectivity index is 4.14. The Labute approximate surface area is 148 Å². The summed E-state index contributed by atoms with van der Waals surface area (Å²) >= 11 is 0. The number of ether oxygens (including phenoxy) is 3. The minimum Gasteiger partial charge on any atom is -0.399 e. The molecule has 0 aromatic carbocycles. The van der Waals surface area contributed by atoms with Gasteiger partial charge in [-0.1, -0.05) is 6.92 Å². The molecule has 0 aliphatic carbocycles. The normalized spacial score (nSPS) is 16.1. The van der Waals surface area contributed by atoms with E-state index in [1.807, 2.05) is 6.92 Å². The second-order valence-electron chi connectivity index (χ2n) is 5.60. The maximum absolute atomic E-state index is 9.39. The third-order valence-electron chi connectivity index (χ3n) is 3.06. The average Bonchev–Trinajstić information content (AvgIpc) is 2.53. The summed E-state index contributed by atoms with van der Waals surface area (Å²) in [5.74, 6) is 5.77. The van der Waals surface area contributed by atoms with Gasteiger partial charge in [-0.25, -0.2) is 5.84 Å². The van der Waals surface area contributed by atoms with E-state index in [0.29, 0.717) is 31.9 Å². The zero-order valence-electron chi connectivity index (χ0n) is 15.0. The van der Waals surface area contributed by atoms with Gasteiger partial charge in [0.25, 0.3) is 0 Å². The van der Waals surface area contributed by atoms with Crippen LogP contribution in [0.15, 0.2) is 11.9 Å². The van der Waals surface area contributed by atoms with E-state index in [1.54, 1.807) is 6.20 Å². The number of aliphatic hydroxyl groups is 4. The van der Waals surface area contributed by atoms with Crippen LogP contribution >= 0.6 is 0 Å². The molecule has 8 N–H and O–H groups in total. The molecular weight excluding hydrogens is 334 g/mol. The van der Waals surface area contributed by atoms with Gasteiger partial charge >= 0.3 is 0 Å². The maximum Gasteiger partial charge on any atom is 0.209 e. The van der Waals surface area contributed by atoms with Gasteiger partial charge in [0.15, 0.2) is 0 Å². The van der Waals surface area contributed by atoms with Gasteiger partial charge in [-0.05, 0) is 19.8 Å². The summed E-state index contributed by atoms with van der Waals surface area (Å²) < 4.78 is 15.6. The number of nitrogens with zero attached hydrogens (tertiary/aromatic N) is 1. The predicted octanol–water partition coefficient (Wildman–Crippen LogP) is -1.81. The first kappa shape index (κ1) is 24.0. The smallest absolute Gasteiger partial charge is 0.209 e. The van der Waals surface area contributed by atoms with E-state index >= 15 is 0 Å². The molecule has 0 bridgehead atoms.